The summed E-state index contributed by atoms with van der Waals surface area (Å²) in [5.41, 5.74) is 0.453. The minimum atomic E-state index is -0.101. The lowest BCUT2D eigenvalue weighted by Crippen LogP contribution is -2.29. The zero-order valence-electron chi connectivity index (χ0n) is 13.9. The topological polar surface area (TPSA) is 78.7 Å². The molecule has 0 radical (unpaired) electrons. The predicted octanol–water partition coefficient (Wildman–Crippen LogP) is 1.39. The molecule has 0 aliphatic carbocycles. The number of nitrogens with zero attached hydrogens (tertiary/aromatic N) is 4. The second-order valence-electron chi connectivity index (χ2n) is 5.46. The Morgan fingerprint density at radius 3 is 2.58 bits per heavy atom. The lowest BCUT2D eigenvalue weighted by atomic mass is 10.1. The van der Waals surface area contributed by atoms with Gasteiger partial charge in [0.25, 0.3) is 5.91 Å². The van der Waals surface area contributed by atoms with Gasteiger partial charge in [0.2, 0.25) is 5.75 Å². The van der Waals surface area contributed by atoms with Gasteiger partial charge in [0, 0.05) is 19.3 Å². The van der Waals surface area contributed by atoms with Crippen molar-refractivity contribution in [2.75, 3.05) is 34.4 Å². The molecular formula is C16H20N4O4. The Labute approximate surface area is 139 Å². The van der Waals surface area contributed by atoms with Crippen LogP contribution >= 0.6 is 0 Å². The largest absolute Gasteiger partial charge is 0.493 e. The predicted molar refractivity (Wildman–Crippen MR) is 85.7 cm³/mol. The third kappa shape index (κ3) is 2.75. The van der Waals surface area contributed by atoms with Crippen LogP contribution in [0, 0.1) is 0 Å². The molecule has 0 bridgehead atoms. The Kier molecular flexibility index (Phi) is 4.54. The number of aromatic nitrogens is 3. The Bertz CT molecular complexity index is 717. The van der Waals surface area contributed by atoms with Crippen LogP contribution in [-0.2, 0) is 0 Å². The summed E-state index contributed by atoms with van der Waals surface area (Å²) in [6.45, 7) is 1.24. The number of ether oxygens (including phenoxy) is 3. The molecule has 8 heteroatoms. The van der Waals surface area contributed by atoms with E-state index >= 15 is 0 Å². The van der Waals surface area contributed by atoms with E-state index < -0.39 is 0 Å². The summed E-state index contributed by atoms with van der Waals surface area (Å²) >= 11 is 0. The van der Waals surface area contributed by atoms with Crippen LogP contribution in [0.2, 0.25) is 0 Å². The maximum atomic E-state index is 12.9. The molecule has 1 saturated heterocycles. The van der Waals surface area contributed by atoms with Crippen LogP contribution in [0.15, 0.2) is 24.5 Å². The van der Waals surface area contributed by atoms with Gasteiger partial charge >= 0.3 is 0 Å². The third-order valence-corrected chi connectivity index (χ3v) is 4.20. The average molecular weight is 332 g/mol. The zero-order valence-corrected chi connectivity index (χ0v) is 13.9. The standard InChI is InChI=1S/C16H20N4O4/c1-22-13-5-4-12(14(23-2)15(13)24-3)16(21)19-8-6-11(10-19)20-9-7-17-18-20/h4-5,7,9,11H,6,8,10H2,1-3H3/t11-/m0/s1. The first-order valence-electron chi connectivity index (χ1n) is 7.63. The van der Waals surface area contributed by atoms with E-state index in [0.29, 0.717) is 35.9 Å². The SMILES string of the molecule is COc1ccc(C(=O)N2CC[C@H](n3ccnn3)C2)c(OC)c1OC. The number of hydrogen-bond donors (Lipinski definition) is 0. The zero-order chi connectivity index (χ0) is 17.1. The maximum absolute atomic E-state index is 12.9. The van der Waals surface area contributed by atoms with Crippen LogP contribution in [0.1, 0.15) is 22.8 Å². The van der Waals surface area contributed by atoms with Crippen LogP contribution in [-0.4, -0.2) is 60.2 Å². The van der Waals surface area contributed by atoms with E-state index in [1.807, 2.05) is 6.20 Å². The Hall–Kier alpha value is -2.77. The average Bonchev–Trinajstić information content (AvgIpc) is 3.30. The van der Waals surface area contributed by atoms with Gasteiger partial charge in [-0.15, -0.1) is 5.10 Å². The Balaban J connectivity index is 1.85. The molecule has 1 aromatic heterocycles. The summed E-state index contributed by atoms with van der Waals surface area (Å²) in [6.07, 6.45) is 4.29. The molecule has 128 valence electrons. The number of amides is 1. The summed E-state index contributed by atoms with van der Waals surface area (Å²) in [5, 5.41) is 7.84. The minimum Gasteiger partial charge on any atom is -0.493 e. The number of benzene rings is 1. The molecule has 24 heavy (non-hydrogen) atoms. The number of carbonyl (C=O) groups is 1. The van der Waals surface area contributed by atoms with Crippen molar-refractivity contribution in [3.05, 3.63) is 30.1 Å². The summed E-state index contributed by atoms with van der Waals surface area (Å²) in [5.74, 6) is 1.21. The molecule has 2 heterocycles. The fourth-order valence-electron chi connectivity index (χ4n) is 2.99. The van der Waals surface area contributed by atoms with Gasteiger partial charge < -0.3 is 19.1 Å². The number of likely N-dealkylation sites (tertiary alicyclic amines) is 1. The van der Waals surface area contributed by atoms with Crippen LogP contribution in [0.3, 0.4) is 0 Å². The highest BCUT2D eigenvalue weighted by atomic mass is 16.5. The first-order chi connectivity index (χ1) is 11.7. The van der Waals surface area contributed by atoms with Crippen molar-refractivity contribution in [2.45, 2.75) is 12.5 Å². The molecule has 1 fully saturated rings. The first kappa shape index (κ1) is 16.1. The fourth-order valence-corrected chi connectivity index (χ4v) is 2.99. The lowest BCUT2D eigenvalue weighted by molar-refractivity contribution is 0.0782. The van der Waals surface area contributed by atoms with E-state index in [-0.39, 0.29) is 11.9 Å². The molecular weight excluding hydrogens is 312 g/mol. The van der Waals surface area contributed by atoms with E-state index in [9.17, 15) is 4.79 Å². The molecule has 8 nitrogen and oxygen atoms in total. The monoisotopic (exact) mass is 332 g/mol. The van der Waals surface area contributed by atoms with Crippen molar-refractivity contribution in [3.63, 3.8) is 0 Å². The van der Waals surface area contributed by atoms with Crippen molar-refractivity contribution in [1.82, 2.24) is 19.9 Å². The van der Waals surface area contributed by atoms with Crippen LogP contribution < -0.4 is 14.2 Å². The highest BCUT2D eigenvalue weighted by Gasteiger charge is 2.31. The van der Waals surface area contributed by atoms with Gasteiger partial charge in [-0.1, -0.05) is 5.21 Å². The molecule has 1 atom stereocenters. The first-order valence-corrected chi connectivity index (χ1v) is 7.63. The molecule has 2 aromatic rings. The summed E-state index contributed by atoms with van der Waals surface area (Å²) in [4.78, 5) is 14.7. The second-order valence-corrected chi connectivity index (χ2v) is 5.46. The van der Waals surface area contributed by atoms with Crippen molar-refractivity contribution < 1.29 is 19.0 Å². The van der Waals surface area contributed by atoms with E-state index in [4.69, 9.17) is 14.2 Å². The molecule has 1 amide bonds. The smallest absolute Gasteiger partial charge is 0.257 e. The molecule has 3 rings (SSSR count). The Morgan fingerprint density at radius 1 is 1.17 bits per heavy atom. The summed E-state index contributed by atoms with van der Waals surface area (Å²) < 4.78 is 17.8. The minimum absolute atomic E-state index is 0.101. The van der Waals surface area contributed by atoms with E-state index in [2.05, 4.69) is 10.3 Å². The van der Waals surface area contributed by atoms with Crippen molar-refractivity contribution in [1.29, 1.82) is 0 Å². The van der Waals surface area contributed by atoms with Crippen LogP contribution in [0.5, 0.6) is 17.2 Å². The van der Waals surface area contributed by atoms with Gasteiger partial charge in [-0.3, -0.25) is 4.79 Å². The van der Waals surface area contributed by atoms with Crippen molar-refractivity contribution >= 4 is 5.91 Å². The number of methoxy groups -OCH3 is 3. The van der Waals surface area contributed by atoms with Crippen LogP contribution in [0.4, 0.5) is 0 Å². The third-order valence-electron chi connectivity index (χ3n) is 4.20. The van der Waals surface area contributed by atoms with Crippen LogP contribution in [0.25, 0.3) is 0 Å². The Morgan fingerprint density at radius 2 is 1.96 bits per heavy atom. The molecule has 0 saturated carbocycles. The van der Waals surface area contributed by atoms with E-state index in [0.717, 1.165) is 6.42 Å². The molecule has 1 aliphatic rings. The summed E-state index contributed by atoms with van der Waals surface area (Å²) in [6, 6.07) is 3.55. The highest BCUT2D eigenvalue weighted by molar-refractivity contribution is 5.98. The van der Waals surface area contributed by atoms with Gasteiger partial charge in [-0.05, 0) is 18.6 Å². The molecule has 1 aliphatic heterocycles. The van der Waals surface area contributed by atoms with Crippen molar-refractivity contribution in [2.24, 2.45) is 0 Å². The molecule has 0 N–H and O–H groups in total. The molecule has 0 spiro atoms. The fraction of sp³-hybridized carbons (Fsp3) is 0.438. The van der Waals surface area contributed by atoms with Crippen molar-refractivity contribution in [3.8, 4) is 17.2 Å². The van der Waals surface area contributed by atoms with Gasteiger partial charge in [-0.2, -0.15) is 0 Å². The quantitative estimate of drug-likeness (QED) is 0.823. The number of carbonyl (C=O) groups excluding carboxylic acids is 1. The second kappa shape index (κ2) is 6.77. The van der Waals surface area contributed by atoms with Gasteiger partial charge in [0.05, 0.1) is 39.1 Å². The summed E-state index contributed by atoms with van der Waals surface area (Å²) in [7, 11) is 4.57. The molecule has 0 unspecified atom stereocenters. The van der Waals surface area contributed by atoms with E-state index in [1.165, 1.54) is 14.2 Å². The number of rotatable bonds is 5. The van der Waals surface area contributed by atoms with Gasteiger partial charge in [0.15, 0.2) is 11.5 Å². The maximum Gasteiger partial charge on any atom is 0.257 e. The van der Waals surface area contributed by atoms with E-state index in [1.54, 1.807) is 35.0 Å². The lowest BCUT2D eigenvalue weighted by Gasteiger charge is -2.20. The van der Waals surface area contributed by atoms with Gasteiger partial charge in [-0.25, -0.2) is 4.68 Å². The molecule has 1 aromatic carbocycles. The highest BCUT2D eigenvalue weighted by Crippen LogP contribution is 2.40. The normalized spacial score (nSPS) is 17.0. The number of hydrogen-bond acceptors (Lipinski definition) is 6. The van der Waals surface area contributed by atoms with Gasteiger partial charge in [0.1, 0.15) is 0 Å².